The summed E-state index contributed by atoms with van der Waals surface area (Å²) in [6.45, 7) is 69.2. The van der Waals surface area contributed by atoms with Gasteiger partial charge >= 0.3 is 5.97 Å². The minimum absolute atomic E-state index is 0.180. The zero-order valence-corrected chi connectivity index (χ0v) is 81.9. The van der Waals surface area contributed by atoms with Crippen molar-refractivity contribution < 1.29 is 9.90 Å². The van der Waals surface area contributed by atoms with E-state index in [9.17, 15) is 9.90 Å². The van der Waals surface area contributed by atoms with Gasteiger partial charge in [-0.25, -0.2) is 24.7 Å². The van der Waals surface area contributed by atoms with E-state index >= 15 is 0 Å². The lowest BCUT2D eigenvalue weighted by Crippen LogP contribution is -2.16. The summed E-state index contributed by atoms with van der Waals surface area (Å²) in [5, 5.41) is 10.0. The molecule has 6 aromatic heterocycles. The van der Waals surface area contributed by atoms with Crippen molar-refractivity contribution in [3.63, 3.8) is 0 Å². The van der Waals surface area contributed by atoms with Crippen molar-refractivity contribution in [2.75, 3.05) is 0 Å². The first-order valence-electron chi connectivity index (χ1n) is 46.0. The van der Waals surface area contributed by atoms with E-state index < -0.39 is 5.97 Å². The van der Waals surface area contributed by atoms with E-state index in [1.165, 1.54) is 55.6 Å². The van der Waals surface area contributed by atoms with E-state index in [1.54, 1.807) is 24.3 Å². The summed E-state index contributed by atoms with van der Waals surface area (Å²) in [4.78, 5) is 53.2. The number of rotatable bonds is 7. The highest BCUT2D eigenvalue weighted by molar-refractivity contribution is 6.06. The lowest BCUT2D eigenvalue weighted by atomic mass is 9.78. The molecule has 4 aliphatic rings. The summed E-state index contributed by atoms with van der Waals surface area (Å²) in [6, 6.07) is 60.4. The summed E-state index contributed by atoms with van der Waals surface area (Å²) in [7, 11) is 0. The Kier molecular flexibility index (Phi) is 22.1. The molecule has 0 atom stereocenters. The Morgan fingerprint density at radius 3 is 0.612 bits per heavy atom. The second-order valence-electron chi connectivity index (χ2n) is 46.6. The molecule has 5 N–H and O–H groups in total. The summed E-state index contributed by atoms with van der Waals surface area (Å²) >= 11 is 0. The van der Waals surface area contributed by atoms with Crippen molar-refractivity contribution in [3.8, 4) is 78.6 Å². The average molecular weight is 1700 g/mol. The number of nitrogens with zero attached hydrogens (tertiary/aromatic N) is 4. The van der Waals surface area contributed by atoms with Gasteiger partial charge in [0.25, 0.3) is 0 Å². The molecule has 0 aliphatic carbocycles. The number of hydrogen-bond acceptors (Lipinski definition) is 5. The van der Waals surface area contributed by atoms with Gasteiger partial charge in [-0.1, -0.05) is 311 Å². The van der Waals surface area contributed by atoms with Crippen molar-refractivity contribution in [2.45, 2.75) is 262 Å². The molecule has 0 saturated carbocycles. The molecule has 0 saturated heterocycles. The maximum Gasteiger partial charge on any atom is 0.335 e. The predicted octanol–water partition coefficient (Wildman–Crippen LogP) is 31.7. The monoisotopic (exact) mass is 1700 g/mol. The van der Waals surface area contributed by atoms with Crippen molar-refractivity contribution in [1.82, 2.24) is 39.9 Å². The Labute approximate surface area is 765 Å². The SMILES string of the molecule is CC(C)(C)c1cc(-c2c3nc(c(-c4c5nc(c(-c6cc(C(C)(C)C)cc(C(C)(C)C)c6)c6ccc([nH]6)c(-c6cc(C(C)(C)C)cc(C(C)(C)C)c6)c6nc(c(-c7cc(C(C)(C)C)cc(C(C)(C)C)c7)c7ccc4[nH]7)C=C6)C=C5)c4ccc([nH]4)c(-c4cc(C(C)(C)C)cc(C(C)(C)C)c4)c4nc(c(C#Cc5ccc(C(=O)O)cc5)c5ccc2[nH]5)C=C4)C=C3)cc(C(C)(C)C)c1. The molecule has 0 radical (unpaired) electrons. The van der Waals surface area contributed by atoms with Crippen LogP contribution in [-0.2, 0) is 54.1 Å². The molecule has 12 aromatic rings. The number of hydrogen-bond donors (Lipinski definition) is 5. The number of aromatic nitrogens is 8. The summed E-state index contributed by atoms with van der Waals surface area (Å²) < 4.78 is 0. The summed E-state index contributed by atoms with van der Waals surface area (Å²) in [6.07, 6.45) is 17.6. The van der Waals surface area contributed by atoms with Gasteiger partial charge in [0.2, 0.25) is 0 Å². The number of aromatic carboxylic acids is 1. The molecule has 10 nitrogen and oxygen atoms in total. The smallest absolute Gasteiger partial charge is 0.335 e. The second-order valence-corrected chi connectivity index (χ2v) is 46.6. The number of nitrogens with one attached hydrogen (secondary N) is 4. The molecule has 0 fully saturated rings. The fraction of sp³-hybridized carbons (Fsp3) is 0.336. The van der Waals surface area contributed by atoms with Gasteiger partial charge in [0.15, 0.2) is 0 Å². The van der Waals surface area contributed by atoms with Crippen LogP contribution in [0.15, 0.2) is 164 Å². The molecule has 10 heterocycles. The maximum absolute atomic E-state index is 12.2. The highest BCUT2D eigenvalue weighted by Crippen LogP contribution is 2.49. The molecule has 0 unspecified atom stereocenters. The first-order valence-corrected chi connectivity index (χ1v) is 46.0. The van der Waals surface area contributed by atoms with Crippen LogP contribution in [0.5, 0.6) is 0 Å². The van der Waals surface area contributed by atoms with Gasteiger partial charge in [-0.15, -0.1) is 0 Å². The Morgan fingerprint density at radius 2 is 0.403 bits per heavy atom. The molecule has 0 spiro atoms. The van der Waals surface area contributed by atoms with Crippen molar-refractivity contribution >= 4 is 98.7 Å². The quantitative estimate of drug-likeness (QED) is 0.100. The average Bonchev–Trinajstić information content (AvgIpc) is 1.57. The largest absolute Gasteiger partial charge is 0.478 e. The topological polar surface area (TPSA) is 152 Å². The highest BCUT2D eigenvalue weighted by Gasteiger charge is 2.33. The van der Waals surface area contributed by atoms with Crippen LogP contribution in [0.3, 0.4) is 0 Å². The molecule has 16 bridgehead atoms. The molecule has 10 heteroatoms. The van der Waals surface area contributed by atoms with Crippen LogP contribution in [0.1, 0.15) is 330 Å². The first-order chi connectivity index (χ1) is 60.0. The molecular weight excluding hydrogens is 1570 g/mol. The number of carbonyl (C=O) groups is 1. The van der Waals surface area contributed by atoms with Gasteiger partial charge in [0.05, 0.1) is 62.2 Å². The standard InChI is InChI=1S/C119H130N8O2/c1-110(2,3)75-53-70(54-76(63-75)111(4,5)6)102-88-39-37-86(120-88)85(36-33-68-31-34-69(35-32-68)109(128)129)87-38-40-89(121-87)103(71-55-77(112(7,8)9)64-78(56-71)113(10,11)12)95-46-50-99(125-95)107(98-49-45-94(102)124-98)108-100-51-47-96(126-100)105(73-59-81(116(19,20)21)66-82(60-73)117(22,23)24)92-43-41-90(122-92)104(72-57-79(114(13,14)15)65-80(58-72)115(16,17)18)91-42-44-93(123-91)106(97-48-52-101(108)127-97)74-61-83(118(25,26)27)67-84(62-74)119(28,29)30/h31-32,34-35,37-67,120,122,125,127H,1-30H3,(H,128,129). The Morgan fingerprint density at radius 1 is 0.225 bits per heavy atom. The van der Waals surface area contributed by atoms with E-state index in [-0.39, 0.29) is 59.7 Å². The van der Waals surface area contributed by atoms with E-state index in [0.717, 1.165) is 145 Å². The molecule has 16 rings (SSSR count). The van der Waals surface area contributed by atoms with E-state index in [4.69, 9.17) is 19.9 Å². The van der Waals surface area contributed by atoms with Gasteiger partial charge in [-0.2, -0.15) is 0 Å². The number of carboxylic acids is 1. The number of H-pyrrole nitrogens is 4. The Hall–Kier alpha value is -12.5. The lowest BCUT2D eigenvalue weighted by molar-refractivity contribution is 0.0696. The van der Waals surface area contributed by atoms with Crippen LogP contribution >= 0.6 is 0 Å². The second kappa shape index (κ2) is 31.7. The Balaban J connectivity index is 1.15. The summed E-state index contributed by atoms with van der Waals surface area (Å²) in [5.41, 5.74) is 36.0. The zero-order valence-electron chi connectivity index (χ0n) is 81.9. The van der Waals surface area contributed by atoms with Crippen LogP contribution in [0, 0.1) is 11.8 Å². The predicted molar refractivity (Wildman–Crippen MR) is 550 cm³/mol. The molecule has 658 valence electrons. The molecule has 0 amide bonds. The third kappa shape index (κ3) is 18.1. The van der Waals surface area contributed by atoms with Crippen molar-refractivity contribution in [2.24, 2.45) is 0 Å². The summed E-state index contributed by atoms with van der Waals surface area (Å²) in [5.74, 6) is 6.08. The van der Waals surface area contributed by atoms with Crippen molar-refractivity contribution in [1.29, 1.82) is 0 Å². The number of benzene rings is 6. The van der Waals surface area contributed by atoms with Crippen molar-refractivity contribution in [3.05, 3.63) is 282 Å². The molecular formula is C119H130N8O2. The molecule has 6 aromatic carbocycles. The molecule has 4 aliphatic heterocycles. The lowest BCUT2D eigenvalue weighted by Gasteiger charge is -2.26. The minimum atomic E-state index is -0.999. The third-order valence-corrected chi connectivity index (χ3v) is 26.0. The molecule has 129 heavy (non-hydrogen) atoms. The highest BCUT2D eigenvalue weighted by atomic mass is 16.4. The maximum atomic E-state index is 12.2. The van der Waals surface area contributed by atoms with Gasteiger partial charge in [-0.05, 0) is 259 Å². The van der Waals surface area contributed by atoms with E-state index in [0.29, 0.717) is 22.5 Å². The first kappa shape index (κ1) is 89.9. The van der Waals surface area contributed by atoms with E-state index in [1.807, 2.05) is 0 Å². The van der Waals surface area contributed by atoms with Crippen LogP contribution in [0.25, 0.3) is 160 Å². The van der Waals surface area contributed by atoms with Crippen LogP contribution < -0.4 is 0 Å². The normalized spacial score (nSPS) is 13.5. The van der Waals surface area contributed by atoms with E-state index in [2.05, 4.69) is 428 Å². The van der Waals surface area contributed by atoms with Gasteiger partial charge in [-0.3, -0.25) is 0 Å². The fourth-order valence-corrected chi connectivity index (χ4v) is 17.6. The minimum Gasteiger partial charge on any atom is -0.478 e. The van der Waals surface area contributed by atoms with Gasteiger partial charge in [0, 0.05) is 83.1 Å². The Bertz CT molecular complexity index is 6890. The van der Waals surface area contributed by atoms with Crippen LogP contribution in [0.4, 0.5) is 0 Å². The van der Waals surface area contributed by atoms with Crippen LogP contribution in [0.2, 0.25) is 0 Å². The zero-order chi connectivity index (χ0) is 93.1. The number of carboxylic acid groups (broad SMARTS) is 1. The van der Waals surface area contributed by atoms with Gasteiger partial charge < -0.3 is 25.0 Å². The fourth-order valence-electron chi connectivity index (χ4n) is 17.6. The van der Waals surface area contributed by atoms with Crippen LogP contribution in [-0.4, -0.2) is 50.9 Å². The third-order valence-electron chi connectivity index (χ3n) is 26.0. The number of aromatic amines is 4. The number of fused-ring (bicyclic) bond motifs is 16. The van der Waals surface area contributed by atoms with Gasteiger partial charge in [0.1, 0.15) is 0 Å².